The lowest BCUT2D eigenvalue weighted by Gasteiger charge is -2.38. The van der Waals surface area contributed by atoms with E-state index in [2.05, 4.69) is 39.0 Å². The summed E-state index contributed by atoms with van der Waals surface area (Å²) < 4.78 is 0. The van der Waals surface area contributed by atoms with E-state index in [0.29, 0.717) is 18.9 Å². The van der Waals surface area contributed by atoms with Crippen LogP contribution in [0.1, 0.15) is 58.4 Å². The molecule has 1 amide bonds. The van der Waals surface area contributed by atoms with Crippen LogP contribution in [0.25, 0.3) is 0 Å². The number of carbonyl (C=O) groups excluding carboxylic acids is 1. The van der Waals surface area contributed by atoms with Crippen LogP contribution in [0.15, 0.2) is 5.38 Å². The lowest BCUT2D eigenvalue weighted by atomic mass is 9.87. The van der Waals surface area contributed by atoms with E-state index in [9.17, 15) is 4.79 Å². The summed E-state index contributed by atoms with van der Waals surface area (Å²) in [4.78, 5) is 28.0. The number of carbonyl (C=O) groups is 1. The number of nitrogens with zero attached hydrogens (tertiary/aromatic N) is 4. The van der Waals surface area contributed by atoms with E-state index in [-0.39, 0.29) is 5.54 Å². The monoisotopic (exact) mass is 404 g/mol. The number of thiazole rings is 2. The van der Waals surface area contributed by atoms with Crippen molar-refractivity contribution in [1.82, 2.24) is 19.8 Å². The Morgan fingerprint density at radius 3 is 2.63 bits per heavy atom. The van der Waals surface area contributed by atoms with E-state index >= 15 is 0 Å². The average molecular weight is 405 g/mol. The molecule has 4 heterocycles. The van der Waals surface area contributed by atoms with Gasteiger partial charge in [-0.2, -0.15) is 0 Å². The van der Waals surface area contributed by atoms with Gasteiger partial charge in [0.25, 0.3) is 0 Å². The van der Waals surface area contributed by atoms with Gasteiger partial charge in [0.2, 0.25) is 5.91 Å². The fraction of sp³-hybridized carbons (Fsp3) is 0.650. The minimum absolute atomic E-state index is 0.0298. The Morgan fingerprint density at radius 1 is 1.07 bits per heavy atom. The summed E-state index contributed by atoms with van der Waals surface area (Å²) in [6.07, 6.45) is 5.02. The molecule has 2 aliphatic heterocycles. The number of hydrogen-bond donors (Lipinski definition) is 0. The normalized spacial score (nSPS) is 24.1. The Balaban J connectivity index is 1.46. The van der Waals surface area contributed by atoms with Gasteiger partial charge in [-0.25, -0.2) is 9.97 Å². The Bertz CT molecular complexity index is 830. The molecule has 2 aliphatic rings. The lowest BCUT2D eigenvalue weighted by molar-refractivity contribution is -0.132. The quantitative estimate of drug-likeness (QED) is 0.771. The van der Waals surface area contributed by atoms with E-state index in [1.807, 2.05) is 18.3 Å². The van der Waals surface area contributed by atoms with Crippen LogP contribution in [0, 0.1) is 20.8 Å². The molecule has 2 aromatic heterocycles. The minimum Gasteiger partial charge on any atom is -0.331 e. The second kappa shape index (κ2) is 7.60. The molecular weight excluding hydrogens is 376 g/mol. The van der Waals surface area contributed by atoms with Gasteiger partial charge in [-0.1, -0.05) is 0 Å². The molecule has 2 aromatic rings. The summed E-state index contributed by atoms with van der Waals surface area (Å²) in [5, 5.41) is 4.33. The number of rotatable bonds is 4. The average Bonchev–Trinajstić information content (AvgIpc) is 3.21. The number of likely N-dealkylation sites (tertiary alicyclic amines) is 2. The van der Waals surface area contributed by atoms with Gasteiger partial charge in [-0.05, 0) is 53.0 Å². The Kier molecular flexibility index (Phi) is 5.36. The van der Waals surface area contributed by atoms with Crippen LogP contribution in [-0.4, -0.2) is 44.3 Å². The summed E-state index contributed by atoms with van der Waals surface area (Å²) in [7, 11) is 0. The van der Waals surface area contributed by atoms with Crippen molar-refractivity contribution >= 4 is 28.6 Å². The Labute approximate surface area is 169 Å². The number of aryl methyl sites for hydroxylation is 3. The maximum atomic E-state index is 12.7. The zero-order chi connectivity index (χ0) is 19.0. The molecule has 7 heteroatoms. The second-order valence-electron chi connectivity index (χ2n) is 7.93. The lowest BCUT2D eigenvalue weighted by Crippen LogP contribution is -2.46. The second-order valence-corrected chi connectivity index (χ2v) is 10.3. The van der Waals surface area contributed by atoms with Gasteiger partial charge in [0.1, 0.15) is 0 Å². The molecule has 0 bridgehead atoms. The highest BCUT2D eigenvalue weighted by molar-refractivity contribution is 7.11. The van der Waals surface area contributed by atoms with E-state index < -0.39 is 0 Å². The summed E-state index contributed by atoms with van der Waals surface area (Å²) in [6, 6.07) is 0. The molecule has 0 aliphatic carbocycles. The predicted octanol–water partition coefficient (Wildman–Crippen LogP) is 4.07. The fourth-order valence-electron chi connectivity index (χ4n) is 4.61. The van der Waals surface area contributed by atoms with Crippen LogP contribution in [-0.2, 0) is 17.9 Å². The standard InChI is InChI=1S/C20H28N4OS2/c1-14-18(27-16(3)21-14)12-23-9-4-6-20(8-10-23)7-5-19(25)24(20)11-17-13-26-15(2)22-17/h13H,4-12H2,1-3H3/t20-/m0/s1. The van der Waals surface area contributed by atoms with Crippen molar-refractivity contribution in [1.29, 1.82) is 0 Å². The Hall–Kier alpha value is -1.31. The zero-order valence-corrected chi connectivity index (χ0v) is 18.1. The largest absolute Gasteiger partial charge is 0.331 e. The molecule has 0 N–H and O–H groups in total. The van der Waals surface area contributed by atoms with Crippen molar-refractivity contribution in [3.63, 3.8) is 0 Å². The highest BCUT2D eigenvalue weighted by atomic mass is 32.1. The molecule has 2 fully saturated rings. The van der Waals surface area contributed by atoms with E-state index in [1.54, 1.807) is 11.3 Å². The summed E-state index contributed by atoms with van der Waals surface area (Å²) in [6.45, 7) is 10.1. The molecule has 0 radical (unpaired) electrons. The molecule has 0 saturated carbocycles. The molecule has 5 nitrogen and oxygen atoms in total. The Morgan fingerprint density at radius 2 is 1.93 bits per heavy atom. The highest BCUT2D eigenvalue weighted by Crippen LogP contribution is 2.40. The third-order valence-corrected chi connectivity index (χ3v) is 7.92. The first kappa shape index (κ1) is 19.0. The van der Waals surface area contributed by atoms with E-state index in [1.165, 1.54) is 10.6 Å². The van der Waals surface area contributed by atoms with Crippen molar-refractivity contribution in [2.75, 3.05) is 13.1 Å². The smallest absolute Gasteiger partial charge is 0.223 e. The van der Waals surface area contributed by atoms with Gasteiger partial charge in [-0.3, -0.25) is 9.69 Å². The van der Waals surface area contributed by atoms with Crippen molar-refractivity contribution < 1.29 is 4.79 Å². The molecule has 2 saturated heterocycles. The van der Waals surface area contributed by atoms with Crippen LogP contribution >= 0.6 is 22.7 Å². The molecule has 1 atom stereocenters. The van der Waals surface area contributed by atoms with E-state index in [0.717, 1.165) is 61.0 Å². The first-order chi connectivity index (χ1) is 12.9. The SMILES string of the molecule is Cc1nc(CN2C(=O)CC[C@]23CCCN(Cc2sc(C)nc2C)CC3)cs1. The maximum absolute atomic E-state index is 12.7. The van der Waals surface area contributed by atoms with Crippen molar-refractivity contribution in [2.45, 2.75) is 71.5 Å². The molecule has 1 spiro atoms. The van der Waals surface area contributed by atoms with Crippen molar-refractivity contribution in [3.8, 4) is 0 Å². The molecule has 4 rings (SSSR count). The first-order valence-electron chi connectivity index (χ1n) is 9.82. The number of hydrogen-bond acceptors (Lipinski definition) is 6. The summed E-state index contributed by atoms with van der Waals surface area (Å²) in [5.41, 5.74) is 2.25. The van der Waals surface area contributed by atoms with Crippen LogP contribution in [0.4, 0.5) is 0 Å². The van der Waals surface area contributed by atoms with Crippen LogP contribution in [0.5, 0.6) is 0 Å². The van der Waals surface area contributed by atoms with Crippen molar-refractivity contribution in [2.24, 2.45) is 0 Å². The maximum Gasteiger partial charge on any atom is 0.223 e. The summed E-state index contributed by atoms with van der Waals surface area (Å²) in [5.74, 6) is 0.308. The zero-order valence-electron chi connectivity index (χ0n) is 16.5. The topological polar surface area (TPSA) is 49.3 Å². The molecule has 0 aromatic carbocycles. The van der Waals surface area contributed by atoms with Crippen molar-refractivity contribution in [3.05, 3.63) is 31.7 Å². The van der Waals surface area contributed by atoms with Crippen LogP contribution in [0.3, 0.4) is 0 Å². The van der Waals surface area contributed by atoms with Gasteiger partial charge in [0.05, 0.1) is 27.9 Å². The minimum atomic E-state index is 0.0298. The summed E-state index contributed by atoms with van der Waals surface area (Å²) >= 11 is 3.49. The van der Waals surface area contributed by atoms with Gasteiger partial charge < -0.3 is 4.90 Å². The molecule has 0 unspecified atom stereocenters. The van der Waals surface area contributed by atoms with Gasteiger partial charge in [-0.15, -0.1) is 22.7 Å². The molecule has 27 heavy (non-hydrogen) atoms. The van der Waals surface area contributed by atoms with Gasteiger partial charge in [0, 0.05) is 35.3 Å². The first-order valence-corrected chi connectivity index (χ1v) is 11.5. The third kappa shape index (κ3) is 3.96. The van der Waals surface area contributed by atoms with Gasteiger partial charge >= 0.3 is 0 Å². The predicted molar refractivity (Wildman–Crippen MR) is 110 cm³/mol. The molecule has 146 valence electrons. The highest BCUT2D eigenvalue weighted by Gasteiger charge is 2.45. The van der Waals surface area contributed by atoms with Crippen LogP contribution in [0.2, 0.25) is 0 Å². The third-order valence-electron chi connectivity index (χ3n) is 6.04. The fourth-order valence-corrected chi connectivity index (χ4v) is 6.19. The van der Waals surface area contributed by atoms with Crippen LogP contribution < -0.4 is 0 Å². The number of amides is 1. The molecular formula is C20H28N4OS2. The number of aromatic nitrogens is 2. The van der Waals surface area contributed by atoms with E-state index in [4.69, 9.17) is 0 Å². The van der Waals surface area contributed by atoms with Gasteiger partial charge in [0.15, 0.2) is 0 Å².